The van der Waals surface area contributed by atoms with Gasteiger partial charge in [0.15, 0.2) is 0 Å². The van der Waals surface area contributed by atoms with E-state index in [4.69, 9.17) is 9.47 Å². The van der Waals surface area contributed by atoms with Crippen LogP contribution in [0.5, 0.6) is 11.6 Å². The van der Waals surface area contributed by atoms with Gasteiger partial charge in [0.05, 0.1) is 12.6 Å². The lowest BCUT2D eigenvalue weighted by Gasteiger charge is -2.20. The van der Waals surface area contributed by atoms with E-state index in [0.29, 0.717) is 18.2 Å². The SMILES string of the molecule is COc1cccc2[nH]c(OC(F)F)c(C[C@H]3CCCN3C)c12. The maximum absolute atomic E-state index is 12.7. The molecule has 1 atom stereocenters. The molecule has 1 aliphatic heterocycles. The molecule has 0 saturated carbocycles. The molecular weight excluding hydrogens is 290 g/mol. The lowest BCUT2D eigenvalue weighted by Crippen LogP contribution is -2.27. The third-order valence-corrected chi connectivity index (χ3v) is 4.39. The summed E-state index contributed by atoms with van der Waals surface area (Å²) in [5.41, 5.74) is 1.53. The van der Waals surface area contributed by atoms with E-state index in [1.54, 1.807) is 7.11 Å². The molecule has 6 heteroatoms. The van der Waals surface area contributed by atoms with Crippen molar-refractivity contribution in [2.24, 2.45) is 0 Å². The van der Waals surface area contributed by atoms with Crippen LogP contribution in [0.2, 0.25) is 0 Å². The number of nitrogens with one attached hydrogen (secondary N) is 1. The van der Waals surface area contributed by atoms with Crippen molar-refractivity contribution >= 4 is 10.9 Å². The molecule has 2 aromatic rings. The van der Waals surface area contributed by atoms with Crippen LogP contribution < -0.4 is 9.47 Å². The first-order valence-corrected chi connectivity index (χ1v) is 7.42. The first-order chi connectivity index (χ1) is 10.6. The number of nitrogens with zero attached hydrogens (tertiary/aromatic N) is 1. The van der Waals surface area contributed by atoms with Crippen LogP contribution >= 0.6 is 0 Å². The fourth-order valence-electron chi connectivity index (χ4n) is 3.29. The molecule has 1 N–H and O–H groups in total. The minimum absolute atomic E-state index is 0.148. The van der Waals surface area contributed by atoms with E-state index in [0.717, 1.165) is 35.9 Å². The highest BCUT2D eigenvalue weighted by atomic mass is 19.3. The van der Waals surface area contributed by atoms with Crippen molar-refractivity contribution in [2.75, 3.05) is 20.7 Å². The second kappa shape index (κ2) is 6.12. The summed E-state index contributed by atoms with van der Waals surface area (Å²) in [7, 11) is 3.65. The molecule has 0 spiro atoms. The zero-order valence-electron chi connectivity index (χ0n) is 12.7. The van der Waals surface area contributed by atoms with E-state index >= 15 is 0 Å². The molecule has 1 aromatic heterocycles. The van der Waals surface area contributed by atoms with E-state index in [9.17, 15) is 8.78 Å². The Morgan fingerprint density at radius 3 is 2.86 bits per heavy atom. The third-order valence-electron chi connectivity index (χ3n) is 4.39. The molecule has 22 heavy (non-hydrogen) atoms. The fraction of sp³-hybridized carbons (Fsp3) is 0.500. The van der Waals surface area contributed by atoms with Gasteiger partial charge in [-0.15, -0.1) is 0 Å². The monoisotopic (exact) mass is 310 g/mol. The van der Waals surface area contributed by atoms with Crippen LogP contribution in [0, 0.1) is 0 Å². The molecule has 0 radical (unpaired) electrons. The molecule has 120 valence electrons. The van der Waals surface area contributed by atoms with Gasteiger partial charge in [-0.25, -0.2) is 0 Å². The Hall–Kier alpha value is -1.82. The highest BCUT2D eigenvalue weighted by Gasteiger charge is 2.26. The van der Waals surface area contributed by atoms with Crippen LogP contribution in [0.4, 0.5) is 8.78 Å². The summed E-state index contributed by atoms with van der Waals surface area (Å²) in [4.78, 5) is 5.22. The molecule has 0 amide bonds. The van der Waals surface area contributed by atoms with Gasteiger partial charge in [0.25, 0.3) is 0 Å². The number of hydrogen-bond acceptors (Lipinski definition) is 3. The van der Waals surface area contributed by atoms with Crippen LogP contribution in [0.25, 0.3) is 10.9 Å². The Morgan fingerprint density at radius 2 is 2.23 bits per heavy atom. The van der Waals surface area contributed by atoms with Crippen molar-refractivity contribution in [1.82, 2.24) is 9.88 Å². The van der Waals surface area contributed by atoms with Crippen LogP contribution in [0.3, 0.4) is 0 Å². The number of H-pyrrole nitrogens is 1. The number of benzene rings is 1. The van der Waals surface area contributed by atoms with E-state index < -0.39 is 6.61 Å². The van der Waals surface area contributed by atoms with Crippen molar-refractivity contribution < 1.29 is 18.3 Å². The summed E-state index contributed by atoms with van der Waals surface area (Å²) < 4.78 is 35.5. The average Bonchev–Trinajstić information content (AvgIpc) is 3.03. The Labute approximate surface area is 128 Å². The van der Waals surface area contributed by atoms with Crippen molar-refractivity contribution in [1.29, 1.82) is 0 Å². The number of likely N-dealkylation sites (tertiary alicyclic amines) is 1. The van der Waals surface area contributed by atoms with Gasteiger partial charge in [-0.3, -0.25) is 0 Å². The number of fused-ring (bicyclic) bond motifs is 1. The van der Waals surface area contributed by atoms with Crippen molar-refractivity contribution in [2.45, 2.75) is 31.9 Å². The van der Waals surface area contributed by atoms with Gasteiger partial charge in [0.1, 0.15) is 5.75 Å². The molecule has 1 aliphatic rings. The zero-order valence-corrected chi connectivity index (χ0v) is 12.7. The predicted molar refractivity (Wildman–Crippen MR) is 80.8 cm³/mol. The van der Waals surface area contributed by atoms with E-state index in [1.807, 2.05) is 18.2 Å². The van der Waals surface area contributed by atoms with Crippen LogP contribution in [0.15, 0.2) is 18.2 Å². The van der Waals surface area contributed by atoms with Gasteiger partial charge in [-0.05, 0) is 45.0 Å². The number of methoxy groups -OCH3 is 1. The Morgan fingerprint density at radius 1 is 1.41 bits per heavy atom. The molecule has 0 aliphatic carbocycles. The summed E-state index contributed by atoms with van der Waals surface area (Å²) in [6, 6.07) is 5.85. The van der Waals surface area contributed by atoms with Crippen LogP contribution in [-0.4, -0.2) is 43.2 Å². The summed E-state index contributed by atoms with van der Waals surface area (Å²) in [6.45, 7) is -1.81. The smallest absolute Gasteiger partial charge is 0.388 e. The van der Waals surface area contributed by atoms with Crippen molar-refractivity contribution in [3.05, 3.63) is 23.8 Å². The summed E-state index contributed by atoms with van der Waals surface area (Å²) >= 11 is 0. The number of rotatable bonds is 5. The summed E-state index contributed by atoms with van der Waals surface area (Å²) in [6.07, 6.45) is 2.86. The lowest BCUT2D eigenvalue weighted by atomic mass is 10.0. The van der Waals surface area contributed by atoms with Gasteiger partial charge < -0.3 is 19.4 Å². The first-order valence-electron chi connectivity index (χ1n) is 7.42. The van der Waals surface area contributed by atoms with E-state index in [1.165, 1.54) is 0 Å². The number of aromatic nitrogens is 1. The van der Waals surface area contributed by atoms with Crippen LogP contribution in [-0.2, 0) is 6.42 Å². The molecule has 1 aromatic carbocycles. The molecule has 3 rings (SSSR count). The number of halogens is 2. The Bertz CT molecular complexity index is 657. The number of hydrogen-bond donors (Lipinski definition) is 1. The highest BCUT2D eigenvalue weighted by molar-refractivity contribution is 5.91. The number of aromatic amines is 1. The second-order valence-electron chi connectivity index (χ2n) is 5.67. The third kappa shape index (κ3) is 2.75. The second-order valence-corrected chi connectivity index (χ2v) is 5.67. The molecule has 1 saturated heterocycles. The van der Waals surface area contributed by atoms with Gasteiger partial charge in [-0.2, -0.15) is 8.78 Å². The molecule has 0 bridgehead atoms. The molecule has 4 nitrogen and oxygen atoms in total. The largest absolute Gasteiger partial charge is 0.496 e. The predicted octanol–water partition coefficient (Wildman–Crippen LogP) is 3.41. The molecular formula is C16H20F2N2O2. The van der Waals surface area contributed by atoms with Gasteiger partial charge in [0.2, 0.25) is 5.88 Å². The standard InChI is InChI=1S/C16H20F2N2O2/c1-20-8-4-5-10(20)9-11-14-12(6-3-7-13(14)21-2)19-15(11)22-16(17)18/h3,6-7,10,16,19H,4-5,8-9H2,1-2H3/t10-/m1/s1. The molecule has 1 fully saturated rings. The lowest BCUT2D eigenvalue weighted by molar-refractivity contribution is -0.0530. The maximum Gasteiger partial charge on any atom is 0.388 e. The Balaban J connectivity index is 2.06. The minimum Gasteiger partial charge on any atom is -0.496 e. The molecule has 2 heterocycles. The van der Waals surface area contributed by atoms with Gasteiger partial charge in [0, 0.05) is 17.0 Å². The topological polar surface area (TPSA) is 37.5 Å². The zero-order chi connectivity index (χ0) is 15.7. The van der Waals surface area contributed by atoms with Crippen molar-refractivity contribution in [3.8, 4) is 11.6 Å². The number of ether oxygens (including phenoxy) is 2. The van der Waals surface area contributed by atoms with E-state index in [-0.39, 0.29) is 5.88 Å². The number of alkyl halides is 2. The summed E-state index contributed by atoms with van der Waals surface area (Å²) in [5.74, 6) is 0.823. The van der Waals surface area contributed by atoms with E-state index in [2.05, 4.69) is 16.9 Å². The van der Waals surface area contributed by atoms with Gasteiger partial charge in [-0.1, -0.05) is 6.07 Å². The Kier molecular flexibility index (Phi) is 4.20. The normalized spacial score (nSPS) is 19.2. The number of likely N-dealkylation sites (N-methyl/N-ethyl adjacent to an activating group) is 1. The highest BCUT2D eigenvalue weighted by Crippen LogP contribution is 2.37. The average molecular weight is 310 g/mol. The van der Waals surface area contributed by atoms with Crippen molar-refractivity contribution in [3.63, 3.8) is 0 Å². The van der Waals surface area contributed by atoms with Gasteiger partial charge >= 0.3 is 6.61 Å². The quantitative estimate of drug-likeness (QED) is 0.919. The fourth-order valence-corrected chi connectivity index (χ4v) is 3.29. The minimum atomic E-state index is -2.85. The van der Waals surface area contributed by atoms with Crippen LogP contribution in [0.1, 0.15) is 18.4 Å². The summed E-state index contributed by atoms with van der Waals surface area (Å²) in [5, 5.41) is 0.834. The molecule has 0 unspecified atom stereocenters. The maximum atomic E-state index is 12.7. The first kappa shape index (κ1) is 15.1.